The van der Waals surface area contributed by atoms with E-state index >= 15 is 0 Å². The lowest BCUT2D eigenvalue weighted by atomic mass is 10.00. The molecule has 2 aliphatic rings. The Kier molecular flexibility index (Phi) is 2.74. The van der Waals surface area contributed by atoms with Crippen molar-refractivity contribution in [3.8, 4) is 0 Å². The Morgan fingerprint density at radius 1 is 1.43 bits per heavy atom. The van der Waals surface area contributed by atoms with Gasteiger partial charge in [-0.25, -0.2) is 0 Å². The number of hydrogen-bond acceptors (Lipinski definition) is 3. The Morgan fingerprint density at radius 2 is 2.21 bits per heavy atom. The summed E-state index contributed by atoms with van der Waals surface area (Å²) in [5, 5.41) is 16.9. The monoisotopic (exact) mass is 197 g/mol. The summed E-state index contributed by atoms with van der Waals surface area (Å²) in [6.45, 7) is 2.98. The summed E-state index contributed by atoms with van der Waals surface area (Å²) in [6, 6.07) is 0. The number of amidine groups is 1. The number of likely N-dealkylation sites (tertiary alicyclic amines) is 1. The van der Waals surface area contributed by atoms with Crippen molar-refractivity contribution in [3.05, 3.63) is 0 Å². The lowest BCUT2D eigenvalue weighted by Crippen LogP contribution is -2.28. The van der Waals surface area contributed by atoms with Crippen LogP contribution in [-0.2, 0) is 0 Å². The summed E-state index contributed by atoms with van der Waals surface area (Å²) in [6.07, 6.45) is 2.73. The third-order valence-electron chi connectivity index (χ3n) is 3.59. The average Bonchev–Trinajstić information content (AvgIpc) is 2.65. The van der Waals surface area contributed by atoms with E-state index in [2.05, 4.69) is 4.90 Å². The molecular formula is C10H19N3O. The van der Waals surface area contributed by atoms with Gasteiger partial charge in [0.15, 0.2) is 0 Å². The molecule has 4 heteroatoms. The van der Waals surface area contributed by atoms with E-state index in [1.807, 2.05) is 0 Å². The zero-order valence-corrected chi connectivity index (χ0v) is 8.45. The van der Waals surface area contributed by atoms with Crippen molar-refractivity contribution in [2.45, 2.75) is 25.4 Å². The fourth-order valence-electron chi connectivity index (χ4n) is 2.79. The second-order valence-corrected chi connectivity index (χ2v) is 4.60. The third kappa shape index (κ3) is 1.91. The van der Waals surface area contributed by atoms with Gasteiger partial charge in [-0.1, -0.05) is 0 Å². The highest BCUT2D eigenvalue weighted by Gasteiger charge is 2.41. The maximum atomic E-state index is 9.70. The first kappa shape index (κ1) is 9.93. The average molecular weight is 197 g/mol. The van der Waals surface area contributed by atoms with E-state index in [1.54, 1.807) is 0 Å². The molecule has 0 spiro atoms. The summed E-state index contributed by atoms with van der Waals surface area (Å²) in [7, 11) is 0. The number of nitrogens with two attached hydrogens (primary N) is 1. The first-order valence-electron chi connectivity index (χ1n) is 5.40. The zero-order valence-electron chi connectivity index (χ0n) is 8.45. The molecule has 4 nitrogen and oxygen atoms in total. The Labute approximate surface area is 84.6 Å². The van der Waals surface area contributed by atoms with Crippen molar-refractivity contribution in [3.63, 3.8) is 0 Å². The van der Waals surface area contributed by atoms with E-state index in [1.165, 1.54) is 6.42 Å². The van der Waals surface area contributed by atoms with Gasteiger partial charge in [-0.3, -0.25) is 5.41 Å². The van der Waals surface area contributed by atoms with E-state index in [0.717, 1.165) is 26.1 Å². The summed E-state index contributed by atoms with van der Waals surface area (Å²) >= 11 is 0. The van der Waals surface area contributed by atoms with Gasteiger partial charge in [-0.2, -0.15) is 0 Å². The second kappa shape index (κ2) is 3.87. The maximum Gasteiger partial charge on any atom is 0.0918 e. The number of fused-ring (bicyclic) bond motifs is 1. The molecule has 1 saturated heterocycles. The van der Waals surface area contributed by atoms with Crippen LogP contribution in [0.2, 0.25) is 0 Å². The maximum absolute atomic E-state index is 9.70. The topological polar surface area (TPSA) is 73.3 Å². The number of hydrogen-bond donors (Lipinski definition) is 3. The van der Waals surface area contributed by atoms with Gasteiger partial charge in [0.2, 0.25) is 0 Å². The number of nitrogens with zero attached hydrogens (tertiary/aromatic N) is 1. The molecule has 1 aliphatic heterocycles. The van der Waals surface area contributed by atoms with Crippen LogP contribution in [0.25, 0.3) is 0 Å². The summed E-state index contributed by atoms with van der Waals surface area (Å²) < 4.78 is 0. The number of rotatable bonds is 3. The van der Waals surface area contributed by atoms with Crippen LogP contribution in [0.5, 0.6) is 0 Å². The predicted molar refractivity (Wildman–Crippen MR) is 55.2 cm³/mol. The smallest absolute Gasteiger partial charge is 0.0918 e. The zero-order chi connectivity index (χ0) is 10.1. The fraction of sp³-hybridized carbons (Fsp3) is 0.900. The van der Waals surface area contributed by atoms with Gasteiger partial charge < -0.3 is 15.7 Å². The SMILES string of the molecule is N=C(N)CCN1CC2CCC(O)C2C1. The van der Waals surface area contributed by atoms with Crippen molar-refractivity contribution >= 4 is 5.84 Å². The summed E-state index contributed by atoms with van der Waals surface area (Å²) in [5.41, 5.74) is 5.32. The predicted octanol–water partition coefficient (Wildman–Crippen LogP) is 0.0152. The summed E-state index contributed by atoms with van der Waals surface area (Å²) in [5.74, 6) is 1.45. The first-order chi connectivity index (χ1) is 6.66. The van der Waals surface area contributed by atoms with Gasteiger partial charge in [0.1, 0.15) is 0 Å². The molecule has 0 amide bonds. The van der Waals surface area contributed by atoms with Gasteiger partial charge in [0.25, 0.3) is 0 Å². The van der Waals surface area contributed by atoms with Gasteiger partial charge in [-0.15, -0.1) is 0 Å². The molecular weight excluding hydrogens is 178 g/mol. The third-order valence-corrected chi connectivity index (χ3v) is 3.59. The largest absolute Gasteiger partial charge is 0.393 e. The number of aliphatic hydroxyl groups is 1. The van der Waals surface area contributed by atoms with Crippen molar-refractivity contribution < 1.29 is 5.11 Å². The molecule has 1 heterocycles. The molecule has 1 aliphatic carbocycles. The second-order valence-electron chi connectivity index (χ2n) is 4.60. The molecule has 0 bridgehead atoms. The van der Waals surface area contributed by atoms with Gasteiger partial charge in [0, 0.05) is 32.0 Å². The first-order valence-corrected chi connectivity index (χ1v) is 5.40. The van der Waals surface area contributed by atoms with Crippen LogP contribution in [0, 0.1) is 17.2 Å². The highest BCUT2D eigenvalue weighted by atomic mass is 16.3. The molecule has 80 valence electrons. The van der Waals surface area contributed by atoms with Crippen molar-refractivity contribution in [1.29, 1.82) is 5.41 Å². The van der Waals surface area contributed by atoms with E-state index in [0.29, 0.717) is 18.3 Å². The molecule has 14 heavy (non-hydrogen) atoms. The molecule has 4 N–H and O–H groups in total. The van der Waals surface area contributed by atoms with Gasteiger partial charge >= 0.3 is 0 Å². The van der Waals surface area contributed by atoms with Crippen LogP contribution in [0.1, 0.15) is 19.3 Å². The van der Waals surface area contributed by atoms with Crippen LogP contribution < -0.4 is 5.73 Å². The van der Waals surface area contributed by atoms with Crippen LogP contribution >= 0.6 is 0 Å². The van der Waals surface area contributed by atoms with Crippen LogP contribution in [0.15, 0.2) is 0 Å². The molecule has 0 radical (unpaired) electrons. The Balaban J connectivity index is 1.80. The molecule has 2 fully saturated rings. The van der Waals surface area contributed by atoms with Crippen LogP contribution in [-0.4, -0.2) is 41.6 Å². The van der Waals surface area contributed by atoms with Crippen molar-refractivity contribution in [2.24, 2.45) is 17.6 Å². The minimum Gasteiger partial charge on any atom is -0.393 e. The normalized spacial score (nSPS) is 37.4. The quantitative estimate of drug-likeness (QED) is 0.441. The fourth-order valence-corrected chi connectivity index (χ4v) is 2.79. The molecule has 0 aromatic rings. The Bertz CT molecular complexity index is 231. The minimum absolute atomic E-state index is 0.0812. The molecule has 3 unspecified atom stereocenters. The van der Waals surface area contributed by atoms with E-state index in [-0.39, 0.29) is 11.9 Å². The van der Waals surface area contributed by atoms with E-state index < -0.39 is 0 Å². The van der Waals surface area contributed by atoms with Crippen molar-refractivity contribution in [1.82, 2.24) is 4.90 Å². The minimum atomic E-state index is -0.0812. The molecule has 0 aromatic carbocycles. The standard InChI is InChI=1S/C10H19N3O/c11-10(12)3-4-13-5-7-1-2-9(14)8(7)6-13/h7-9,14H,1-6H2,(H3,11,12). The van der Waals surface area contributed by atoms with E-state index in [4.69, 9.17) is 11.1 Å². The van der Waals surface area contributed by atoms with Crippen LogP contribution in [0.3, 0.4) is 0 Å². The molecule has 1 saturated carbocycles. The lowest BCUT2D eigenvalue weighted by Gasteiger charge is -2.17. The van der Waals surface area contributed by atoms with Gasteiger partial charge in [0.05, 0.1) is 11.9 Å². The molecule has 3 atom stereocenters. The number of aliphatic hydroxyl groups excluding tert-OH is 1. The Hall–Kier alpha value is -0.610. The highest BCUT2D eigenvalue weighted by Crippen LogP contribution is 2.37. The van der Waals surface area contributed by atoms with E-state index in [9.17, 15) is 5.11 Å². The van der Waals surface area contributed by atoms with Crippen molar-refractivity contribution in [2.75, 3.05) is 19.6 Å². The molecule has 0 aromatic heterocycles. The molecule has 2 rings (SSSR count). The Morgan fingerprint density at radius 3 is 2.86 bits per heavy atom. The summed E-state index contributed by atoms with van der Waals surface area (Å²) in [4.78, 5) is 2.33. The van der Waals surface area contributed by atoms with Crippen LogP contribution in [0.4, 0.5) is 0 Å². The van der Waals surface area contributed by atoms with Gasteiger partial charge in [-0.05, 0) is 18.8 Å². The highest BCUT2D eigenvalue weighted by molar-refractivity contribution is 5.76. The lowest BCUT2D eigenvalue weighted by molar-refractivity contribution is 0.124. The number of nitrogens with one attached hydrogen (secondary N) is 1.